The molecule has 0 bridgehead atoms. The summed E-state index contributed by atoms with van der Waals surface area (Å²) >= 11 is 3.41. The number of carboxylic acids is 1. The molecule has 2 unspecified atom stereocenters. The number of carbonyl (C=O) groups is 1. The van der Waals surface area contributed by atoms with Crippen LogP contribution in [0, 0.1) is 6.92 Å². The van der Waals surface area contributed by atoms with Crippen LogP contribution in [-0.2, 0) is 4.79 Å². The monoisotopic (exact) mass is 300 g/mol. The summed E-state index contributed by atoms with van der Waals surface area (Å²) in [5.74, 6) is -0.884. The molecule has 0 aliphatic heterocycles. The van der Waals surface area contributed by atoms with Crippen LogP contribution in [-0.4, -0.2) is 24.2 Å². The number of rotatable bonds is 5. The Balaban J connectivity index is 3.00. The molecule has 4 nitrogen and oxygen atoms in total. The third-order valence-corrected chi connectivity index (χ3v) is 3.22. The van der Waals surface area contributed by atoms with E-state index in [9.17, 15) is 4.79 Å². The molecule has 1 aromatic rings. The van der Waals surface area contributed by atoms with Crippen molar-refractivity contribution < 1.29 is 9.90 Å². The molecular weight excluding hydrogens is 284 g/mol. The molecule has 1 aromatic carbocycles. The highest BCUT2D eigenvalue weighted by atomic mass is 79.9. The summed E-state index contributed by atoms with van der Waals surface area (Å²) in [4.78, 5) is 10.7. The maximum absolute atomic E-state index is 10.7. The second kappa shape index (κ2) is 6.14. The number of benzene rings is 1. The molecule has 0 saturated carbocycles. The molecule has 0 heterocycles. The van der Waals surface area contributed by atoms with Gasteiger partial charge in [-0.1, -0.05) is 22.0 Å². The molecule has 0 spiro atoms. The van der Waals surface area contributed by atoms with Gasteiger partial charge in [0.25, 0.3) is 0 Å². The van der Waals surface area contributed by atoms with Crippen LogP contribution in [0.3, 0.4) is 0 Å². The van der Waals surface area contributed by atoms with Crippen molar-refractivity contribution in [2.75, 3.05) is 7.05 Å². The molecule has 2 atom stereocenters. The molecule has 0 aliphatic rings. The van der Waals surface area contributed by atoms with Gasteiger partial charge in [0.2, 0.25) is 0 Å². The van der Waals surface area contributed by atoms with Gasteiger partial charge in [-0.15, -0.1) is 0 Å². The number of nitrogens with one attached hydrogen (secondary N) is 1. The molecular formula is C12H17BrN2O2. The molecule has 94 valence electrons. The van der Waals surface area contributed by atoms with Crippen LogP contribution in [0.5, 0.6) is 0 Å². The van der Waals surface area contributed by atoms with Crippen molar-refractivity contribution in [2.45, 2.75) is 25.4 Å². The fourth-order valence-electron chi connectivity index (χ4n) is 1.87. The first-order chi connectivity index (χ1) is 7.95. The van der Waals surface area contributed by atoms with Crippen molar-refractivity contribution in [3.05, 3.63) is 33.8 Å². The fraction of sp³-hybridized carbons (Fsp3) is 0.417. The Morgan fingerprint density at radius 3 is 2.76 bits per heavy atom. The number of carboxylic acid groups (broad SMARTS) is 1. The number of nitrogens with two attached hydrogens (primary N) is 1. The van der Waals surface area contributed by atoms with Gasteiger partial charge in [0.15, 0.2) is 0 Å². The molecule has 0 fully saturated rings. The Morgan fingerprint density at radius 1 is 1.59 bits per heavy atom. The van der Waals surface area contributed by atoms with Gasteiger partial charge in [-0.2, -0.15) is 0 Å². The first-order valence-electron chi connectivity index (χ1n) is 5.36. The van der Waals surface area contributed by atoms with Gasteiger partial charge in [0.05, 0.1) is 6.42 Å². The highest BCUT2D eigenvalue weighted by molar-refractivity contribution is 9.10. The van der Waals surface area contributed by atoms with Crippen molar-refractivity contribution in [3.8, 4) is 0 Å². The van der Waals surface area contributed by atoms with E-state index in [4.69, 9.17) is 10.8 Å². The maximum atomic E-state index is 10.7. The van der Waals surface area contributed by atoms with Crippen molar-refractivity contribution in [2.24, 2.45) is 5.73 Å². The summed E-state index contributed by atoms with van der Waals surface area (Å²) in [5.41, 5.74) is 8.04. The number of likely N-dealkylation sites (N-methyl/N-ethyl adjacent to an activating group) is 1. The quantitative estimate of drug-likeness (QED) is 0.775. The fourth-order valence-corrected chi connectivity index (χ4v) is 2.24. The van der Waals surface area contributed by atoms with E-state index < -0.39 is 12.0 Å². The largest absolute Gasteiger partial charge is 0.481 e. The average Bonchev–Trinajstić information content (AvgIpc) is 2.23. The Kier molecular flexibility index (Phi) is 5.11. The highest BCUT2D eigenvalue weighted by Gasteiger charge is 2.22. The summed E-state index contributed by atoms with van der Waals surface area (Å²) < 4.78 is 0.959. The minimum Gasteiger partial charge on any atom is -0.481 e. The van der Waals surface area contributed by atoms with E-state index in [-0.39, 0.29) is 12.5 Å². The lowest BCUT2D eigenvalue weighted by atomic mass is 9.94. The zero-order chi connectivity index (χ0) is 13.0. The van der Waals surface area contributed by atoms with E-state index in [0.29, 0.717) is 0 Å². The summed E-state index contributed by atoms with van der Waals surface area (Å²) in [6, 6.07) is 5.29. The predicted octanol–water partition coefficient (Wildman–Crippen LogP) is 1.82. The minimum absolute atomic E-state index is 0.0581. The lowest BCUT2D eigenvalue weighted by molar-refractivity contribution is -0.137. The van der Waals surface area contributed by atoms with Crippen molar-refractivity contribution in [3.63, 3.8) is 0 Å². The van der Waals surface area contributed by atoms with Gasteiger partial charge in [-0.25, -0.2) is 0 Å². The Labute approximate surface area is 109 Å². The lowest BCUT2D eigenvalue weighted by Crippen LogP contribution is -2.38. The van der Waals surface area contributed by atoms with Crippen molar-refractivity contribution >= 4 is 21.9 Å². The van der Waals surface area contributed by atoms with Crippen molar-refractivity contribution in [1.82, 2.24) is 5.32 Å². The van der Waals surface area contributed by atoms with Gasteiger partial charge in [-0.05, 0) is 37.2 Å². The van der Waals surface area contributed by atoms with Crippen LogP contribution >= 0.6 is 15.9 Å². The third-order valence-electron chi connectivity index (χ3n) is 2.73. The zero-order valence-corrected chi connectivity index (χ0v) is 11.5. The van der Waals surface area contributed by atoms with E-state index in [0.717, 1.165) is 15.6 Å². The molecule has 0 amide bonds. The molecule has 17 heavy (non-hydrogen) atoms. The minimum atomic E-state index is -0.884. The van der Waals surface area contributed by atoms with Crippen molar-refractivity contribution in [1.29, 1.82) is 0 Å². The summed E-state index contributed by atoms with van der Waals surface area (Å²) in [6.45, 7) is 1.99. The Morgan fingerprint density at radius 2 is 2.24 bits per heavy atom. The third kappa shape index (κ3) is 3.80. The van der Waals surface area contributed by atoms with Crippen LogP contribution in [0.25, 0.3) is 0 Å². The second-order valence-corrected chi connectivity index (χ2v) is 4.94. The van der Waals surface area contributed by atoms with E-state index in [1.54, 1.807) is 7.05 Å². The summed E-state index contributed by atoms with van der Waals surface area (Å²) in [7, 11) is 1.78. The first-order valence-corrected chi connectivity index (χ1v) is 6.15. The van der Waals surface area contributed by atoms with Crippen LogP contribution in [0.2, 0.25) is 0 Å². The predicted molar refractivity (Wildman–Crippen MR) is 70.9 cm³/mol. The van der Waals surface area contributed by atoms with Gasteiger partial charge < -0.3 is 16.2 Å². The Bertz CT molecular complexity index is 409. The van der Waals surface area contributed by atoms with E-state index in [1.807, 2.05) is 25.1 Å². The van der Waals surface area contributed by atoms with Crippen LogP contribution < -0.4 is 11.1 Å². The molecule has 0 radical (unpaired) electrons. The molecule has 0 aromatic heterocycles. The Hall–Kier alpha value is -0.910. The highest BCUT2D eigenvalue weighted by Crippen LogP contribution is 2.24. The molecule has 4 N–H and O–H groups in total. The van der Waals surface area contributed by atoms with Gasteiger partial charge >= 0.3 is 5.97 Å². The SMILES string of the molecule is CNC(c1cc(Br)ccc1C)C(N)CC(=O)O. The summed E-state index contributed by atoms with van der Waals surface area (Å²) in [6.07, 6.45) is -0.0581. The van der Waals surface area contributed by atoms with E-state index in [1.165, 1.54) is 0 Å². The smallest absolute Gasteiger partial charge is 0.304 e. The van der Waals surface area contributed by atoms with Gasteiger partial charge in [0.1, 0.15) is 0 Å². The van der Waals surface area contributed by atoms with Gasteiger partial charge in [-0.3, -0.25) is 4.79 Å². The van der Waals surface area contributed by atoms with E-state index in [2.05, 4.69) is 21.2 Å². The van der Waals surface area contributed by atoms with Gasteiger partial charge in [0, 0.05) is 16.6 Å². The number of hydrogen-bond acceptors (Lipinski definition) is 3. The van der Waals surface area contributed by atoms with Crippen LogP contribution in [0.15, 0.2) is 22.7 Å². The topological polar surface area (TPSA) is 75.3 Å². The molecule has 1 rings (SSSR count). The second-order valence-electron chi connectivity index (χ2n) is 4.03. The average molecular weight is 301 g/mol. The number of halogens is 1. The standard InChI is InChI=1S/C12H17BrN2O2/c1-7-3-4-8(13)5-9(7)12(15-2)10(14)6-11(16)17/h3-5,10,12,15H,6,14H2,1-2H3,(H,16,17). The summed E-state index contributed by atoms with van der Waals surface area (Å²) in [5, 5.41) is 11.9. The zero-order valence-electron chi connectivity index (χ0n) is 9.90. The van der Waals surface area contributed by atoms with Crippen LogP contribution in [0.4, 0.5) is 0 Å². The van der Waals surface area contributed by atoms with Crippen LogP contribution in [0.1, 0.15) is 23.6 Å². The maximum Gasteiger partial charge on any atom is 0.304 e. The van der Waals surface area contributed by atoms with E-state index >= 15 is 0 Å². The first kappa shape index (κ1) is 14.2. The normalized spacial score (nSPS) is 14.4. The number of aryl methyl sites for hydroxylation is 1. The lowest BCUT2D eigenvalue weighted by Gasteiger charge is -2.24. The molecule has 0 aliphatic carbocycles. The number of aliphatic carboxylic acids is 1. The molecule has 5 heteroatoms. The molecule has 0 saturated heterocycles. The number of hydrogen-bond donors (Lipinski definition) is 3.